The van der Waals surface area contributed by atoms with Gasteiger partial charge in [0.2, 0.25) is 5.91 Å². The summed E-state index contributed by atoms with van der Waals surface area (Å²) in [6.45, 7) is 6.54. The Kier molecular flexibility index (Phi) is 5.64. The van der Waals surface area contributed by atoms with Crippen molar-refractivity contribution >= 4 is 5.91 Å². The minimum atomic E-state index is -0.180. The zero-order valence-corrected chi connectivity index (χ0v) is 12.3. The lowest BCUT2D eigenvalue weighted by Gasteiger charge is -2.31. The Morgan fingerprint density at radius 2 is 1.95 bits per heavy atom. The first-order valence-corrected chi connectivity index (χ1v) is 7.83. The van der Waals surface area contributed by atoms with E-state index in [0.29, 0.717) is 12.5 Å². The summed E-state index contributed by atoms with van der Waals surface area (Å²) in [6, 6.07) is -0.180. The van der Waals surface area contributed by atoms with E-state index in [2.05, 4.69) is 17.6 Å². The van der Waals surface area contributed by atoms with E-state index < -0.39 is 0 Å². The lowest BCUT2D eigenvalue weighted by atomic mass is 9.81. The van der Waals surface area contributed by atoms with Gasteiger partial charge >= 0.3 is 0 Å². The summed E-state index contributed by atoms with van der Waals surface area (Å²) in [6.07, 6.45) is 6.48. The van der Waals surface area contributed by atoms with Gasteiger partial charge in [0.15, 0.2) is 0 Å². The third kappa shape index (κ3) is 4.18. The van der Waals surface area contributed by atoms with Crippen molar-refractivity contribution in [2.75, 3.05) is 19.7 Å². The Morgan fingerprint density at radius 1 is 1.26 bits per heavy atom. The molecule has 0 spiro atoms. The summed E-state index contributed by atoms with van der Waals surface area (Å²) >= 11 is 0. The summed E-state index contributed by atoms with van der Waals surface area (Å²) in [4.78, 5) is 12.1. The lowest BCUT2D eigenvalue weighted by Crippen LogP contribution is -2.56. The molecule has 4 nitrogen and oxygen atoms in total. The Morgan fingerprint density at radius 3 is 2.58 bits per heavy atom. The van der Waals surface area contributed by atoms with Gasteiger partial charge in [0, 0.05) is 13.1 Å². The molecule has 2 N–H and O–H groups in total. The molecule has 4 heteroatoms. The molecule has 1 heterocycles. The molecular weight excluding hydrogens is 240 g/mol. The van der Waals surface area contributed by atoms with Crippen LogP contribution in [0.2, 0.25) is 0 Å². The highest BCUT2D eigenvalue weighted by Crippen LogP contribution is 2.30. The lowest BCUT2D eigenvalue weighted by molar-refractivity contribution is -0.129. The van der Waals surface area contributed by atoms with Gasteiger partial charge in [0.05, 0.1) is 12.7 Å². The second-order valence-electron chi connectivity index (χ2n) is 6.05. The van der Waals surface area contributed by atoms with E-state index in [9.17, 15) is 4.79 Å². The summed E-state index contributed by atoms with van der Waals surface area (Å²) in [5.74, 6) is 1.69. The molecule has 0 bridgehead atoms. The van der Waals surface area contributed by atoms with Gasteiger partial charge in [-0.05, 0) is 31.6 Å². The third-order valence-corrected chi connectivity index (χ3v) is 4.71. The van der Waals surface area contributed by atoms with Crippen molar-refractivity contribution in [1.82, 2.24) is 10.6 Å². The number of ether oxygens (including phenoxy) is 1. The summed E-state index contributed by atoms with van der Waals surface area (Å²) in [7, 11) is 0. The van der Waals surface area contributed by atoms with Crippen LogP contribution in [0.25, 0.3) is 0 Å². The highest BCUT2D eigenvalue weighted by atomic mass is 16.5. The fourth-order valence-corrected chi connectivity index (χ4v) is 3.23. The first-order valence-electron chi connectivity index (χ1n) is 7.83. The predicted molar refractivity (Wildman–Crippen MR) is 76.0 cm³/mol. The Hall–Kier alpha value is -0.610. The highest BCUT2D eigenvalue weighted by molar-refractivity contribution is 5.82. The van der Waals surface area contributed by atoms with Crippen molar-refractivity contribution in [3.63, 3.8) is 0 Å². The van der Waals surface area contributed by atoms with E-state index in [0.717, 1.165) is 19.0 Å². The average molecular weight is 268 g/mol. The van der Waals surface area contributed by atoms with Crippen LogP contribution in [0.15, 0.2) is 0 Å². The maximum absolute atomic E-state index is 12.1. The van der Waals surface area contributed by atoms with Crippen LogP contribution in [-0.2, 0) is 9.53 Å². The van der Waals surface area contributed by atoms with E-state index in [1.54, 1.807) is 0 Å². The molecule has 1 aliphatic heterocycles. The standard InChI is InChI=1S/C15H28N2O2/c1-3-12-4-6-13(7-5-12)10-17-15(18)14-11(2)19-9-8-16-14/h11-14,16H,3-10H2,1-2H3,(H,17,18)/t11-,12?,13?,14+/m1/s1. The Bertz CT molecular complexity index is 288. The molecule has 2 atom stereocenters. The second kappa shape index (κ2) is 7.25. The van der Waals surface area contributed by atoms with Gasteiger partial charge < -0.3 is 15.4 Å². The topological polar surface area (TPSA) is 50.4 Å². The highest BCUT2D eigenvalue weighted by Gasteiger charge is 2.29. The van der Waals surface area contributed by atoms with Gasteiger partial charge in [-0.15, -0.1) is 0 Å². The normalized spacial score (nSPS) is 35.9. The van der Waals surface area contributed by atoms with Crippen molar-refractivity contribution in [2.45, 2.75) is 58.1 Å². The van der Waals surface area contributed by atoms with Crippen molar-refractivity contribution in [2.24, 2.45) is 11.8 Å². The van der Waals surface area contributed by atoms with Crippen molar-refractivity contribution in [3.05, 3.63) is 0 Å². The molecule has 19 heavy (non-hydrogen) atoms. The van der Waals surface area contributed by atoms with Gasteiger partial charge in [-0.2, -0.15) is 0 Å². The van der Waals surface area contributed by atoms with E-state index in [4.69, 9.17) is 4.74 Å². The number of hydrogen-bond acceptors (Lipinski definition) is 3. The number of morpholine rings is 1. The van der Waals surface area contributed by atoms with Crippen LogP contribution in [0, 0.1) is 11.8 Å². The van der Waals surface area contributed by atoms with E-state index in [1.165, 1.54) is 32.1 Å². The van der Waals surface area contributed by atoms with Crippen molar-refractivity contribution in [3.8, 4) is 0 Å². The SMILES string of the molecule is CCC1CCC(CNC(=O)[C@H]2NCCO[C@@H]2C)CC1. The quantitative estimate of drug-likeness (QED) is 0.816. The van der Waals surface area contributed by atoms with E-state index in [1.807, 2.05) is 6.92 Å². The molecule has 0 unspecified atom stereocenters. The molecular formula is C15H28N2O2. The van der Waals surface area contributed by atoms with Gasteiger partial charge in [-0.3, -0.25) is 4.79 Å². The fraction of sp³-hybridized carbons (Fsp3) is 0.933. The number of carbonyl (C=O) groups is 1. The van der Waals surface area contributed by atoms with Crippen LogP contribution >= 0.6 is 0 Å². The van der Waals surface area contributed by atoms with Crippen molar-refractivity contribution in [1.29, 1.82) is 0 Å². The number of hydrogen-bond donors (Lipinski definition) is 2. The molecule has 1 saturated carbocycles. The predicted octanol–water partition coefficient (Wildman–Crippen LogP) is 1.70. The van der Waals surface area contributed by atoms with E-state index in [-0.39, 0.29) is 18.1 Å². The van der Waals surface area contributed by atoms with E-state index >= 15 is 0 Å². The maximum atomic E-state index is 12.1. The zero-order valence-electron chi connectivity index (χ0n) is 12.3. The van der Waals surface area contributed by atoms with Gasteiger partial charge in [0.25, 0.3) is 0 Å². The van der Waals surface area contributed by atoms with Crippen LogP contribution in [0.3, 0.4) is 0 Å². The summed E-state index contributed by atoms with van der Waals surface area (Å²) in [5.41, 5.74) is 0. The monoisotopic (exact) mass is 268 g/mol. The average Bonchev–Trinajstić information content (AvgIpc) is 2.46. The maximum Gasteiger partial charge on any atom is 0.239 e. The molecule has 1 aliphatic carbocycles. The molecule has 2 aliphatic rings. The van der Waals surface area contributed by atoms with Gasteiger partial charge in [-0.1, -0.05) is 26.2 Å². The molecule has 0 aromatic rings. The molecule has 2 fully saturated rings. The molecule has 0 aromatic heterocycles. The molecule has 2 rings (SSSR count). The van der Waals surface area contributed by atoms with Crippen molar-refractivity contribution < 1.29 is 9.53 Å². The Balaban J connectivity index is 1.69. The number of nitrogens with one attached hydrogen (secondary N) is 2. The minimum absolute atomic E-state index is 0.0235. The smallest absolute Gasteiger partial charge is 0.239 e. The first-order chi connectivity index (χ1) is 9.20. The van der Waals surface area contributed by atoms with Crippen LogP contribution in [0.5, 0.6) is 0 Å². The third-order valence-electron chi connectivity index (χ3n) is 4.71. The Labute approximate surface area is 116 Å². The molecule has 0 radical (unpaired) electrons. The zero-order chi connectivity index (χ0) is 13.7. The minimum Gasteiger partial charge on any atom is -0.375 e. The molecule has 1 saturated heterocycles. The summed E-state index contributed by atoms with van der Waals surface area (Å²) in [5, 5.41) is 6.34. The van der Waals surface area contributed by atoms with Crippen LogP contribution in [-0.4, -0.2) is 37.7 Å². The fourth-order valence-electron chi connectivity index (χ4n) is 3.23. The molecule has 0 aromatic carbocycles. The second-order valence-corrected chi connectivity index (χ2v) is 6.05. The summed E-state index contributed by atoms with van der Waals surface area (Å²) < 4.78 is 5.51. The molecule has 1 amide bonds. The largest absolute Gasteiger partial charge is 0.375 e. The van der Waals surface area contributed by atoms with Gasteiger partial charge in [-0.25, -0.2) is 0 Å². The first kappa shape index (κ1) is 14.8. The number of carbonyl (C=O) groups excluding carboxylic acids is 1. The number of amides is 1. The van der Waals surface area contributed by atoms with Crippen LogP contribution in [0.4, 0.5) is 0 Å². The van der Waals surface area contributed by atoms with Gasteiger partial charge in [0.1, 0.15) is 6.04 Å². The number of rotatable bonds is 4. The van der Waals surface area contributed by atoms with Crippen LogP contribution < -0.4 is 10.6 Å². The molecule has 110 valence electrons. The van der Waals surface area contributed by atoms with Crippen LogP contribution in [0.1, 0.15) is 46.0 Å².